The van der Waals surface area contributed by atoms with Crippen molar-refractivity contribution in [2.24, 2.45) is 0 Å². The molecule has 7 nitrogen and oxygen atoms in total. The second kappa shape index (κ2) is 6.21. The van der Waals surface area contributed by atoms with Gasteiger partial charge in [-0.2, -0.15) is 5.10 Å². The van der Waals surface area contributed by atoms with E-state index >= 15 is 0 Å². The Kier molecular flexibility index (Phi) is 4.91. The smallest absolute Gasteiger partial charge is 0.407 e. The molecule has 106 valence electrons. The summed E-state index contributed by atoms with van der Waals surface area (Å²) < 4.78 is 11.1. The number of aromatic nitrogens is 2. The standard InChI is InChI=1S/C12H19N3O4/c1-12(2,3)19-11(17)13-7-9-5-6-15(14-9)8-10(16)18-4/h5-6H,7-8H2,1-4H3,(H,13,17). The van der Waals surface area contributed by atoms with Gasteiger partial charge in [-0.15, -0.1) is 0 Å². The average molecular weight is 269 g/mol. The molecule has 1 rings (SSSR count). The lowest BCUT2D eigenvalue weighted by Crippen LogP contribution is -2.32. The van der Waals surface area contributed by atoms with Gasteiger partial charge in [0.25, 0.3) is 0 Å². The second-order valence-corrected chi connectivity index (χ2v) is 4.94. The van der Waals surface area contributed by atoms with E-state index in [1.807, 2.05) is 0 Å². The molecule has 7 heteroatoms. The van der Waals surface area contributed by atoms with Gasteiger partial charge in [0.2, 0.25) is 0 Å². The third kappa shape index (κ3) is 5.89. The Morgan fingerprint density at radius 1 is 1.42 bits per heavy atom. The maximum Gasteiger partial charge on any atom is 0.407 e. The molecule has 0 saturated carbocycles. The summed E-state index contributed by atoms with van der Waals surface area (Å²) in [6.45, 7) is 5.65. The van der Waals surface area contributed by atoms with E-state index in [-0.39, 0.29) is 19.1 Å². The highest BCUT2D eigenvalue weighted by atomic mass is 16.6. The number of hydrogen-bond donors (Lipinski definition) is 1. The molecule has 1 N–H and O–H groups in total. The topological polar surface area (TPSA) is 82.5 Å². The number of alkyl carbamates (subject to hydrolysis) is 1. The van der Waals surface area contributed by atoms with Gasteiger partial charge in [-0.3, -0.25) is 9.48 Å². The number of carbonyl (C=O) groups excluding carboxylic acids is 2. The molecule has 1 aromatic rings. The molecule has 0 aliphatic rings. The van der Waals surface area contributed by atoms with Crippen LogP contribution < -0.4 is 5.32 Å². The van der Waals surface area contributed by atoms with E-state index in [9.17, 15) is 9.59 Å². The normalized spacial score (nSPS) is 10.9. The van der Waals surface area contributed by atoms with Gasteiger partial charge in [-0.25, -0.2) is 4.79 Å². The summed E-state index contributed by atoms with van der Waals surface area (Å²) in [6, 6.07) is 1.71. The minimum absolute atomic E-state index is 0.0446. The van der Waals surface area contributed by atoms with Gasteiger partial charge in [0.1, 0.15) is 12.1 Å². The fourth-order valence-electron chi connectivity index (χ4n) is 1.26. The van der Waals surface area contributed by atoms with Crippen molar-refractivity contribution in [2.45, 2.75) is 39.5 Å². The number of ether oxygens (including phenoxy) is 2. The number of esters is 1. The van der Waals surface area contributed by atoms with Crippen LogP contribution in [-0.4, -0.2) is 34.6 Å². The molecule has 1 heterocycles. The Balaban J connectivity index is 2.42. The first-order valence-electron chi connectivity index (χ1n) is 5.86. The molecule has 0 spiro atoms. The molecular weight excluding hydrogens is 250 g/mol. The summed E-state index contributed by atoms with van der Waals surface area (Å²) >= 11 is 0. The number of nitrogens with one attached hydrogen (secondary N) is 1. The summed E-state index contributed by atoms with van der Waals surface area (Å²) in [5.41, 5.74) is 0.101. The van der Waals surface area contributed by atoms with Crippen LogP contribution in [0, 0.1) is 0 Å². The van der Waals surface area contributed by atoms with Crippen LogP contribution in [0.3, 0.4) is 0 Å². The minimum atomic E-state index is -0.533. The quantitative estimate of drug-likeness (QED) is 0.827. The third-order valence-corrected chi connectivity index (χ3v) is 2.03. The SMILES string of the molecule is COC(=O)Cn1ccc(CNC(=O)OC(C)(C)C)n1. The highest BCUT2D eigenvalue weighted by Gasteiger charge is 2.16. The van der Waals surface area contributed by atoms with Crippen LogP contribution in [0.1, 0.15) is 26.5 Å². The van der Waals surface area contributed by atoms with Crippen LogP contribution >= 0.6 is 0 Å². The van der Waals surface area contributed by atoms with E-state index in [1.165, 1.54) is 11.8 Å². The van der Waals surface area contributed by atoms with Gasteiger partial charge in [0, 0.05) is 6.20 Å². The van der Waals surface area contributed by atoms with Gasteiger partial charge in [-0.05, 0) is 26.8 Å². The fourth-order valence-corrected chi connectivity index (χ4v) is 1.26. The highest BCUT2D eigenvalue weighted by molar-refractivity contribution is 5.68. The Morgan fingerprint density at radius 3 is 2.68 bits per heavy atom. The fraction of sp³-hybridized carbons (Fsp3) is 0.583. The van der Waals surface area contributed by atoms with Crippen LogP contribution in [0.15, 0.2) is 12.3 Å². The molecule has 0 radical (unpaired) electrons. The zero-order valence-electron chi connectivity index (χ0n) is 11.6. The molecule has 0 fully saturated rings. The largest absolute Gasteiger partial charge is 0.468 e. The Labute approximate surface area is 111 Å². The van der Waals surface area contributed by atoms with E-state index in [1.54, 1.807) is 33.0 Å². The Bertz CT molecular complexity index is 448. The number of nitrogens with zero attached hydrogens (tertiary/aromatic N) is 2. The average Bonchev–Trinajstić information content (AvgIpc) is 2.71. The summed E-state index contributed by atoms with van der Waals surface area (Å²) in [4.78, 5) is 22.5. The van der Waals surface area contributed by atoms with Gasteiger partial charge in [-0.1, -0.05) is 0 Å². The van der Waals surface area contributed by atoms with Crippen molar-refractivity contribution >= 4 is 12.1 Å². The Morgan fingerprint density at radius 2 is 2.11 bits per heavy atom. The Hall–Kier alpha value is -2.05. The van der Waals surface area contributed by atoms with Crippen LogP contribution in [0.5, 0.6) is 0 Å². The number of rotatable bonds is 4. The van der Waals surface area contributed by atoms with E-state index < -0.39 is 11.7 Å². The van der Waals surface area contributed by atoms with Gasteiger partial charge in [0.15, 0.2) is 0 Å². The van der Waals surface area contributed by atoms with Gasteiger partial charge in [0.05, 0.1) is 19.3 Å². The van der Waals surface area contributed by atoms with E-state index in [0.717, 1.165) is 0 Å². The maximum absolute atomic E-state index is 11.4. The minimum Gasteiger partial charge on any atom is -0.468 e. The van der Waals surface area contributed by atoms with Crippen LogP contribution in [0.2, 0.25) is 0 Å². The second-order valence-electron chi connectivity index (χ2n) is 4.94. The van der Waals surface area contributed by atoms with Gasteiger partial charge < -0.3 is 14.8 Å². The first-order chi connectivity index (χ1) is 8.80. The van der Waals surface area contributed by atoms with Crippen LogP contribution in [0.4, 0.5) is 4.79 Å². The molecule has 1 aromatic heterocycles. The van der Waals surface area contributed by atoms with Crippen molar-refractivity contribution in [2.75, 3.05) is 7.11 Å². The summed E-state index contributed by atoms with van der Waals surface area (Å²) in [5.74, 6) is -0.380. The molecule has 0 saturated heterocycles. The lowest BCUT2D eigenvalue weighted by atomic mass is 10.2. The zero-order chi connectivity index (χ0) is 14.5. The molecule has 0 aliphatic carbocycles. The van der Waals surface area contributed by atoms with E-state index in [0.29, 0.717) is 5.69 Å². The molecule has 1 amide bonds. The van der Waals surface area contributed by atoms with Crippen molar-refractivity contribution in [3.8, 4) is 0 Å². The molecular formula is C12H19N3O4. The number of carbonyl (C=O) groups is 2. The lowest BCUT2D eigenvalue weighted by molar-refractivity contribution is -0.141. The number of hydrogen-bond acceptors (Lipinski definition) is 5. The van der Waals surface area contributed by atoms with Crippen molar-refractivity contribution in [3.63, 3.8) is 0 Å². The third-order valence-electron chi connectivity index (χ3n) is 2.03. The molecule has 0 bridgehead atoms. The maximum atomic E-state index is 11.4. The molecule has 0 aromatic carbocycles. The van der Waals surface area contributed by atoms with E-state index in [2.05, 4.69) is 15.2 Å². The van der Waals surface area contributed by atoms with Crippen molar-refractivity contribution in [1.82, 2.24) is 15.1 Å². The number of amides is 1. The lowest BCUT2D eigenvalue weighted by Gasteiger charge is -2.19. The molecule has 0 atom stereocenters. The summed E-state index contributed by atoms with van der Waals surface area (Å²) in [5, 5.41) is 6.70. The first-order valence-corrected chi connectivity index (χ1v) is 5.86. The predicted octanol–water partition coefficient (Wildman–Crippen LogP) is 1.08. The summed E-state index contributed by atoms with van der Waals surface area (Å²) in [6.07, 6.45) is 1.14. The monoisotopic (exact) mass is 269 g/mol. The first kappa shape index (κ1) is 15.0. The molecule has 0 unspecified atom stereocenters. The predicted molar refractivity (Wildman–Crippen MR) is 67.3 cm³/mol. The van der Waals surface area contributed by atoms with Crippen molar-refractivity contribution < 1.29 is 19.1 Å². The van der Waals surface area contributed by atoms with Gasteiger partial charge >= 0.3 is 12.1 Å². The van der Waals surface area contributed by atoms with Crippen molar-refractivity contribution in [3.05, 3.63) is 18.0 Å². The van der Waals surface area contributed by atoms with Crippen molar-refractivity contribution in [1.29, 1.82) is 0 Å². The summed E-state index contributed by atoms with van der Waals surface area (Å²) in [7, 11) is 1.32. The molecule has 19 heavy (non-hydrogen) atoms. The number of methoxy groups -OCH3 is 1. The zero-order valence-corrected chi connectivity index (χ0v) is 11.6. The van der Waals surface area contributed by atoms with E-state index in [4.69, 9.17) is 4.74 Å². The molecule has 0 aliphatic heterocycles. The van der Waals surface area contributed by atoms with Crippen LogP contribution in [-0.2, 0) is 27.4 Å². The highest BCUT2D eigenvalue weighted by Crippen LogP contribution is 2.06. The van der Waals surface area contributed by atoms with Crippen LogP contribution in [0.25, 0.3) is 0 Å².